The number of carboxylic acids is 1. The molecule has 0 aromatic heterocycles. The van der Waals surface area contributed by atoms with Crippen molar-refractivity contribution in [2.24, 2.45) is 5.73 Å². The summed E-state index contributed by atoms with van der Waals surface area (Å²) in [5, 5.41) is 9.38. The van der Waals surface area contributed by atoms with Crippen LogP contribution in [0.2, 0.25) is 0 Å². The van der Waals surface area contributed by atoms with Crippen LogP contribution in [0.1, 0.15) is 66.6 Å². The van der Waals surface area contributed by atoms with E-state index in [2.05, 4.69) is 6.92 Å². The first kappa shape index (κ1) is 26.2. The summed E-state index contributed by atoms with van der Waals surface area (Å²) in [4.78, 5) is 23.2. The van der Waals surface area contributed by atoms with Gasteiger partial charge in [0.05, 0.1) is 25.9 Å². The molecule has 2 aromatic rings. The molecule has 8 heteroatoms. The zero-order valence-electron chi connectivity index (χ0n) is 20.7. The van der Waals surface area contributed by atoms with Gasteiger partial charge in [-0.1, -0.05) is 32.8 Å². The molecular weight excluding hydrogens is 450 g/mol. The summed E-state index contributed by atoms with van der Waals surface area (Å²) in [6, 6.07) is 7.29. The lowest BCUT2D eigenvalue weighted by molar-refractivity contribution is -0.145. The topological polar surface area (TPSA) is 117 Å². The number of amides is 1. The van der Waals surface area contributed by atoms with Crippen molar-refractivity contribution in [1.29, 1.82) is 0 Å². The van der Waals surface area contributed by atoms with Crippen molar-refractivity contribution in [3.05, 3.63) is 46.5 Å². The summed E-state index contributed by atoms with van der Waals surface area (Å²) < 4.78 is 23.4. The Labute approximate surface area is 206 Å². The van der Waals surface area contributed by atoms with E-state index in [1.807, 2.05) is 19.1 Å². The lowest BCUT2D eigenvalue weighted by Crippen LogP contribution is -2.31. The second-order valence-corrected chi connectivity index (χ2v) is 8.55. The Morgan fingerprint density at radius 1 is 1.03 bits per heavy atom. The molecule has 0 saturated carbocycles. The molecule has 1 heterocycles. The Morgan fingerprint density at radius 3 is 2.26 bits per heavy atom. The Balaban J connectivity index is 1.65. The van der Waals surface area contributed by atoms with Crippen molar-refractivity contribution in [3.63, 3.8) is 0 Å². The Kier molecular flexibility index (Phi) is 9.23. The monoisotopic (exact) mass is 485 g/mol. The van der Waals surface area contributed by atoms with E-state index in [1.54, 1.807) is 12.1 Å². The maximum Gasteiger partial charge on any atom is 0.344 e. The van der Waals surface area contributed by atoms with Gasteiger partial charge in [0.25, 0.3) is 5.91 Å². The fourth-order valence-electron chi connectivity index (χ4n) is 4.37. The molecule has 1 aliphatic rings. The predicted octanol–water partition coefficient (Wildman–Crippen LogP) is 4.33. The van der Waals surface area contributed by atoms with Gasteiger partial charge < -0.3 is 29.8 Å². The fourth-order valence-corrected chi connectivity index (χ4v) is 4.37. The van der Waals surface area contributed by atoms with Gasteiger partial charge in [-0.05, 0) is 49.4 Å². The van der Waals surface area contributed by atoms with Gasteiger partial charge in [-0.2, -0.15) is 0 Å². The maximum absolute atomic E-state index is 11.7. The van der Waals surface area contributed by atoms with Crippen LogP contribution < -0.4 is 24.7 Å². The number of carbonyl (C=O) groups excluding carboxylic acids is 1. The van der Waals surface area contributed by atoms with Crippen LogP contribution in [0.25, 0.3) is 0 Å². The summed E-state index contributed by atoms with van der Waals surface area (Å²) in [6.07, 6.45) is 4.15. The molecule has 3 N–H and O–H groups in total. The van der Waals surface area contributed by atoms with Gasteiger partial charge in [0, 0.05) is 17.5 Å². The average molecular weight is 486 g/mol. The molecule has 8 nitrogen and oxygen atoms in total. The first-order valence-electron chi connectivity index (χ1n) is 12.2. The summed E-state index contributed by atoms with van der Waals surface area (Å²) in [7, 11) is 1.52. The average Bonchev–Trinajstić information content (AvgIpc) is 2.85. The van der Waals surface area contributed by atoms with Crippen molar-refractivity contribution >= 4 is 11.9 Å². The minimum Gasteiger partial charge on any atom is -0.495 e. The van der Waals surface area contributed by atoms with E-state index in [1.165, 1.54) is 7.11 Å². The molecule has 0 aliphatic carbocycles. The van der Waals surface area contributed by atoms with Crippen molar-refractivity contribution in [3.8, 4) is 23.0 Å². The van der Waals surface area contributed by atoms with Crippen LogP contribution in [0.4, 0.5) is 0 Å². The van der Waals surface area contributed by atoms with E-state index in [9.17, 15) is 14.7 Å². The van der Waals surface area contributed by atoms with Crippen LogP contribution in [-0.4, -0.2) is 43.4 Å². The van der Waals surface area contributed by atoms with Gasteiger partial charge >= 0.3 is 5.97 Å². The number of fused-ring (bicyclic) bond motifs is 1. The van der Waals surface area contributed by atoms with Crippen molar-refractivity contribution < 1.29 is 33.6 Å². The van der Waals surface area contributed by atoms with E-state index in [0.29, 0.717) is 61.7 Å². The number of rotatable bonds is 13. The van der Waals surface area contributed by atoms with Crippen molar-refractivity contribution in [2.75, 3.05) is 20.3 Å². The lowest BCUT2D eigenvalue weighted by atomic mass is 9.96. The maximum atomic E-state index is 11.7. The summed E-state index contributed by atoms with van der Waals surface area (Å²) >= 11 is 0. The minimum absolute atomic E-state index is 0.342. The van der Waals surface area contributed by atoms with Gasteiger partial charge in [-0.3, -0.25) is 4.79 Å². The van der Waals surface area contributed by atoms with Gasteiger partial charge in [-0.25, -0.2) is 4.79 Å². The highest BCUT2D eigenvalue weighted by atomic mass is 16.5. The Hall–Kier alpha value is -3.42. The molecule has 2 aromatic carbocycles. The van der Waals surface area contributed by atoms with E-state index in [4.69, 9.17) is 24.7 Å². The highest BCUT2D eigenvalue weighted by Crippen LogP contribution is 2.38. The van der Waals surface area contributed by atoms with Gasteiger partial charge in [0.1, 0.15) is 23.0 Å². The number of hydrogen-bond donors (Lipinski definition) is 2. The summed E-state index contributed by atoms with van der Waals surface area (Å²) in [6.45, 7) is 4.96. The molecule has 1 atom stereocenters. The second kappa shape index (κ2) is 12.3. The number of aryl methyl sites for hydroxylation is 1. The number of hydrogen-bond acceptors (Lipinski definition) is 6. The van der Waals surface area contributed by atoms with Crippen LogP contribution in [0.3, 0.4) is 0 Å². The number of nitrogens with two attached hydrogens (primary N) is 1. The first-order valence-corrected chi connectivity index (χ1v) is 12.2. The second-order valence-electron chi connectivity index (χ2n) is 8.55. The normalized spacial score (nSPS) is 14.5. The van der Waals surface area contributed by atoms with Crippen LogP contribution in [-0.2, 0) is 24.1 Å². The van der Waals surface area contributed by atoms with Gasteiger partial charge in [0.15, 0.2) is 6.10 Å². The SMILES string of the molecule is CCCc1c(OCCCOc2ccc(C(N)=O)c(OC)c2CCC)ccc2c1OC(C(=O)O)CC2. The summed E-state index contributed by atoms with van der Waals surface area (Å²) in [5.41, 5.74) is 8.61. The standard InChI is InChI=1S/C27H35NO7/c1-4-7-18-21(12-9-17-10-13-23(27(30)31)35-24(17)18)33-15-6-16-34-22-14-11-20(26(28)29)25(32-3)19(22)8-5-2/h9,11-12,14,23H,4-8,10,13,15-16H2,1-3H3,(H2,28,29)(H,30,31). The molecule has 1 unspecified atom stereocenters. The third-order valence-electron chi connectivity index (χ3n) is 6.00. The molecule has 35 heavy (non-hydrogen) atoms. The van der Waals surface area contributed by atoms with Gasteiger partial charge in [-0.15, -0.1) is 0 Å². The van der Waals surface area contributed by atoms with E-state index >= 15 is 0 Å². The van der Waals surface area contributed by atoms with Gasteiger partial charge in [0.2, 0.25) is 0 Å². The van der Waals surface area contributed by atoms with Crippen LogP contribution in [0, 0.1) is 0 Å². The van der Waals surface area contributed by atoms with E-state index < -0.39 is 18.0 Å². The molecular formula is C27H35NO7. The van der Waals surface area contributed by atoms with Crippen molar-refractivity contribution in [1.82, 2.24) is 0 Å². The Bertz CT molecular complexity index is 1050. The number of carboxylic acid groups (broad SMARTS) is 1. The number of aliphatic carboxylic acids is 1. The fraction of sp³-hybridized carbons (Fsp3) is 0.481. The largest absolute Gasteiger partial charge is 0.495 e. The van der Waals surface area contributed by atoms with E-state index in [-0.39, 0.29) is 0 Å². The smallest absolute Gasteiger partial charge is 0.344 e. The number of primary amides is 1. The predicted molar refractivity (Wildman–Crippen MR) is 132 cm³/mol. The minimum atomic E-state index is -0.940. The number of ether oxygens (including phenoxy) is 4. The van der Waals surface area contributed by atoms with Crippen molar-refractivity contribution in [2.45, 2.75) is 64.9 Å². The third kappa shape index (κ3) is 6.18. The molecule has 1 amide bonds. The number of methoxy groups -OCH3 is 1. The number of benzene rings is 2. The highest BCUT2D eigenvalue weighted by molar-refractivity contribution is 5.96. The molecule has 0 saturated heterocycles. The third-order valence-corrected chi connectivity index (χ3v) is 6.00. The zero-order valence-corrected chi connectivity index (χ0v) is 20.7. The molecule has 3 rings (SSSR count). The molecule has 0 spiro atoms. The molecule has 190 valence electrons. The molecule has 0 radical (unpaired) electrons. The van der Waals surface area contributed by atoms with Crippen LogP contribution >= 0.6 is 0 Å². The molecule has 1 aliphatic heterocycles. The van der Waals surface area contributed by atoms with Crippen LogP contribution in [0.5, 0.6) is 23.0 Å². The number of carbonyl (C=O) groups is 2. The quantitative estimate of drug-likeness (QED) is 0.406. The Morgan fingerprint density at radius 2 is 1.66 bits per heavy atom. The first-order chi connectivity index (χ1) is 16.9. The molecule has 0 fully saturated rings. The lowest BCUT2D eigenvalue weighted by Gasteiger charge is -2.26. The van der Waals surface area contributed by atoms with E-state index in [0.717, 1.165) is 41.7 Å². The summed E-state index contributed by atoms with van der Waals surface area (Å²) in [5.74, 6) is 1.03. The van der Waals surface area contributed by atoms with Crippen LogP contribution in [0.15, 0.2) is 24.3 Å². The highest BCUT2D eigenvalue weighted by Gasteiger charge is 2.28. The zero-order chi connectivity index (χ0) is 25.4. The molecule has 0 bridgehead atoms.